The van der Waals surface area contributed by atoms with Crippen molar-refractivity contribution in [1.82, 2.24) is 9.97 Å². The number of nitrogen functional groups attached to an aromatic ring is 1. The standard InChI is InChI=1S/C16H21FN4/c1-4-5-13-10-14(21-18)20-15(19-13)16(2,3)11-6-8-12(17)9-7-11/h6-10H,4-5,18H2,1-3H3,(H,19,20,21). The summed E-state index contributed by atoms with van der Waals surface area (Å²) >= 11 is 0. The highest BCUT2D eigenvalue weighted by atomic mass is 19.1. The first kappa shape index (κ1) is 15.4. The maximum atomic E-state index is 13.1. The molecule has 21 heavy (non-hydrogen) atoms. The summed E-state index contributed by atoms with van der Waals surface area (Å²) in [5, 5.41) is 0. The monoisotopic (exact) mass is 288 g/mol. The number of aromatic nitrogens is 2. The zero-order valence-electron chi connectivity index (χ0n) is 12.7. The lowest BCUT2D eigenvalue weighted by Crippen LogP contribution is -2.24. The van der Waals surface area contributed by atoms with E-state index < -0.39 is 5.41 Å². The first-order valence-corrected chi connectivity index (χ1v) is 7.08. The van der Waals surface area contributed by atoms with E-state index in [4.69, 9.17) is 5.84 Å². The van der Waals surface area contributed by atoms with Gasteiger partial charge < -0.3 is 5.43 Å². The van der Waals surface area contributed by atoms with Gasteiger partial charge in [-0.3, -0.25) is 0 Å². The smallest absolute Gasteiger partial charge is 0.143 e. The van der Waals surface area contributed by atoms with Gasteiger partial charge in [0, 0.05) is 17.2 Å². The van der Waals surface area contributed by atoms with Crippen molar-refractivity contribution in [2.24, 2.45) is 5.84 Å². The number of halogens is 1. The van der Waals surface area contributed by atoms with Crippen molar-refractivity contribution in [3.63, 3.8) is 0 Å². The minimum atomic E-state index is -0.428. The second kappa shape index (κ2) is 6.18. The van der Waals surface area contributed by atoms with Crippen LogP contribution in [0.3, 0.4) is 0 Å². The summed E-state index contributed by atoms with van der Waals surface area (Å²) in [4.78, 5) is 9.10. The molecular formula is C16H21FN4. The number of hydrogen-bond donors (Lipinski definition) is 2. The molecule has 0 spiro atoms. The molecule has 0 aliphatic heterocycles. The number of anilines is 1. The van der Waals surface area contributed by atoms with Crippen LogP contribution in [-0.2, 0) is 11.8 Å². The Balaban J connectivity index is 2.47. The van der Waals surface area contributed by atoms with Crippen LogP contribution in [0.1, 0.15) is 44.3 Å². The van der Waals surface area contributed by atoms with Gasteiger partial charge in [0.15, 0.2) is 0 Å². The molecule has 0 bridgehead atoms. The average Bonchev–Trinajstić information content (AvgIpc) is 2.47. The Kier molecular flexibility index (Phi) is 4.53. The van der Waals surface area contributed by atoms with E-state index in [9.17, 15) is 4.39 Å². The second-order valence-corrected chi connectivity index (χ2v) is 5.59. The summed E-state index contributed by atoms with van der Waals surface area (Å²) in [5.74, 6) is 6.52. The van der Waals surface area contributed by atoms with Crippen LogP contribution in [0.25, 0.3) is 0 Å². The zero-order valence-corrected chi connectivity index (χ0v) is 12.7. The first-order chi connectivity index (χ1) is 9.97. The Labute approximate surface area is 124 Å². The van der Waals surface area contributed by atoms with Crippen LogP contribution in [-0.4, -0.2) is 9.97 Å². The maximum Gasteiger partial charge on any atom is 0.143 e. The summed E-state index contributed by atoms with van der Waals surface area (Å²) in [6, 6.07) is 8.29. The lowest BCUT2D eigenvalue weighted by Gasteiger charge is -2.24. The third kappa shape index (κ3) is 3.36. The fourth-order valence-electron chi connectivity index (χ4n) is 2.23. The van der Waals surface area contributed by atoms with E-state index in [1.165, 1.54) is 12.1 Å². The Bertz CT molecular complexity index is 608. The van der Waals surface area contributed by atoms with Crippen LogP contribution in [0.15, 0.2) is 30.3 Å². The highest BCUT2D eigenvalue weighted by molar-refractivity contribution is 5.39. The van der Waals surface area contributed by atoms with Crippen molar-refractivity contribution < 1.29 is 4.39 Å². The van der Waals surface area contributed by atoms with Crippen LogP contribution in [0, 0.1) is 5.82 Å². The second-order valence-electron chi connectivity index (χ2n) is 5.59. The van der Waals surface area contributed by atoms with Crippen molar-refractivity contribution in [3.05, 3.63) is 53.2 Å². The third-order valence-electron chi connectivity index (χ3n) is 3.56. The van der Waals surface area contributed by atoms with Crippen molar-refractivity contribution in [2.45, 2.75) is 39.0 Å². The predicted octanol–water partition coefficient (Wildman–Crippen LogP) is 3.18. The molecule has 5 heteroatoms. The van der Waals surface area contributed by atoms with Gasteiger partial charge in [0.1, 0.15) is 17.5 Å². The largest absolute Gasteiger partial charge is 0.308 e. The number of aryl methyl sites for hydroxylation is 1. The maximum absolute atomic E-state index is 13.1. The molecule has 1 heterocycles. The van der Waals surface area contributed by atoms with Crippen LogP contribution >= 0.6 is 0 Å². The molecule has 0 aliphatic rings. The fourth-order valence-corrected chi connectivity index (χ4v) is 2.23. The lowest BCUT2D eigenvalue weighted by molar-refractivity contribution is 0.579. The van der Waals surface area contributed by atoms with E-state index in [2.05, 4.69) is 22.3 Å². The first-order valence-electron chi connectivity index (χ1n) is 7.08. The summed E-state index contributed by atoms with van der Waals surface area (Å²) in [5.41, 5.74) is 4.07. The van der Waals surface area contributed by atoms with E-state index in [0.29, 0.717) is 11.6 Å². The molecule has 0 saturated carbocycles. The number of nitrogens with two attached hydrogens (primary N) is 1. The summed E-state index contributed by atoms with van der Waals surface area (Å²) < 4.78 is 13.1. The number of benzene rings is 1. The molecule has 3 N–H and O–H groups in total. The van der Waals surface area contributed by atoms with Gasteiger partial charge in [-0.1, -0.05) is 25.5 Å². The summed E-state index contributed by atoms with van der Waals surface area (Å²) in [7, 11) is 0. The van der Waals surface area contributed by atoms with Gasteiger partial charge in [0.25, 0.3) is 0 Å². The molecule has 2 rings (SSSR count). The van der Waals surface area contributed by atoms with Crippen molar-refractivity contribution in [1.29, 1.82) is 0 Å². The Morgan fingerprint density at radius 3 is 2.43 bits per heavy atom. The van der Waals surface area contributed by atoms with Gasteiger partial charge in [-0.05, 0) is 38.0 Å². The van der Waals surface area contributed by atoms with E-state index in [0.717, 1.165) is 24.1 Å². The molecule has 1 aromatic carbocycles. The molecule has 4 nitrogen and oxygen atoms in total. The van der Waals surface area contributed by atoms with E-state index >= 15 is 0 Å². The average molecular weight is 288 g/mol. The van der Waals surface area contributed by atoms with Gasteiger partial charge in [-0.25, -0.2) is 20.2 Å². The molecular weight excluding hydrogens is 267 g/mol. The van der Waals surface area contributed by atoms with E-state index in [-0.39, 0.29) is 5.82 Å². The highest BCUT2D eigenvalue weighted by Crippen LogP contribution is 2.30. The quantitative estimate of drug-likeness (QED) is 0.655. The minimum absolute atomic E-state index is 0.250. The minimum Gasteiger partial charge on any atom is -0.308 e. The number of hydrazine groups is 1. The molecule has 0 unspecified atom stereocenters. The van der Waals surface area contributed by atoms with Crippen LogP contribution in [0.2, 0.25) is 0 Å². The number of rotatable bonds is 5. The van der Waals surface area contributed by atoms with Crippen molar-refractivity contribution >= 4 is 5.82 Å². The Morgan fingerprint density at radius 1 is 1.19 bits per heavy atom. The summed E-state index contributed by atoms with van der Waals surface area (Å²) in [6.45, 7) is 6.14. The van der Waals surface area contributed by atoms with Crippen LogP contribution in [0.4, 0.5) is 10.2 Å². The van der Waals surface area contributed by atoms with Gasteiger partial charge in [-0.2, -0.15) is 0 Å². The van der Waals surface area contributed by atoms with Crippen LogP contribution in [0.5, 0.6) is 0 Å². The molecule has 0 saturated heterocycles. The predicted molar refractivity (Wildman–Crippen MR) is 82.4 cm³/mol. The topological polar surface area (TPSA) is 63.8 Å². The van der Waals surface area contributed by atoms with Crippen LogP contribution < -0.4 is 11.3 Å². The number of nitrogens with one attached hydrogen (secondary N) is 1. The Morgan fingerprint density at radius 2 is 1.86 bits per heavy atom. The fraction of sp³-hybridized carbons (Fsp3) is 0.375. The molecule has 0 aliphatic carbocycles. The van der Waals surface area contributed by atoms with Crippen molar-refractivity contribution in [3.8, 4) is 0 Å². The summed E-state index contributed by atoms with van der Waals surface area (Å²) in [6.07, 6.45) is 1.86. The molecule has 0 fully saturated rings. The third-order valence-corrected chi connectivity index (χ3v) is 3.56. The highest BCUT2D eigenvalue weighted by Gasteiger charge is 2.27. The van der Waals surface area contributed by atoms with Gasteiger partial charge in [0.05, 0.1) is 0 Å². The number of nitrogens with zero attached hydrogens (tertiary/aromatic N) is 2. The van der Waals surface area contributed by atoms with Gasteiger partial charge in [-0.15, -0.1) is 0 Å². The molecule has 0 radical (unpaired) electrons. The van der Waals surface area contributed by atoms with Gasteiger partial charge in [0.2, 0.25) is 0 Å². The van der Waals surface area contributed by atoms with Gasteiger partial charge >= 0.3 is 0 Å². The van der Waals surface area contributed by atoms with E-state index in [1.807, 2.05) is 19.9 Å². The molecule has 0 amide bonds. The molecule has 0 atom stereocenters. The van der Waals surface area contributed by atoms with E-state index in [1.54, 1.807) is 12.1 Å². The lowest BCUT2D eigenvalue weighted by atomic mass is 9.83. The molecule has 2 aromatic rings. The number of hydrogen-bond acceptors (Lipinski definition) is 4. The zero-order chi connectivity index (χ0) is 15.5. The normalized spacial score (nSPS) is 11.5. The SMILES string of the molecule is CCCc1cc(NN)nc(C(C)(C)c2ccc(F)cc2)n1. The molecule has 1 aromatic heterocycles. The Hall–Kier alpha value is -2.01. The van der Waals surface area contributed by atoms with Crippen molar-refractivity contribution in [2.75, 3.05) is 5.43 Å². The molecule has 112 valence electrons.